The predicted octanol–water partition coefficient (Wildman–Crippen LogP) is 5.20. The number of carbonyl (C=O) groups is 1. The molecule has 2 fully saturated rings. The quantitative estimate of drug-likeness (QED) is 0.492. The number of benzene rings is 2. The molecule has 1 amide bonds. The summed E-state index contributed by atoms with van der Waals surface area (Å²) < 4.78 is 28.2. The maximum Gasteiger partial charge on any atom is 0.259 e. The molecule has 0 aromatic heterocycles. The summed E-state index contributed by atoms with van der Waals surface area (Å²) in [5.74, 6) is -2.87. The second kappa shape index (κ2) is 6.57. The van der Waals surface area contributed by atoms with Crippen LogP contribution >= 0.6 is 12.2 Å². The molecule has 1 heterocycles. The largest absolute Gasteiger partial charge is 0.344 e. The van der Waals surface area contributed by atoms with Gasteiger partial charge in [0.2, 0.25) is 5.92 Å². The van der Waals surface area contributed by atoms with Crippen LogP contribution in [0.15, 0.2) is 42.5 Å². The Balaban J connectivity index is 1.68. The third kappa shape index (κ3) is 2.74. The van der Waals surface area contributed by atoms with Crippen LogP contribution in [-0.4, -0.2) is 28.9 Å². The summed E-state index contributed by atoms with van der Waals surface area (Å²) in [6.45, 7) is 7.28. The second-order valence-electron chi connectivity index (χ2n) is 8.89. The van der Waals surface area contributed by atoms with E-state index >= 15 is 0 Å². The van der Waals surface area contributed by atoms with Crippen molar-refractivity contribution in [3.63, 3.8) is 0 Å². The molecule has 1 N–H and O–H groups in total. The van der Waals surface area contributed by atoms with E-state index in [1.54, 1.807) is 13.1 Å². The lowest BCUT2D eigenvalue weighted by atomic mass is 9.61. The second-order valence-corrected chi connectivity index (χ2v) is 9.28. The first-order valence-corrected chi connectivity index (χ1v) is 10.7. The van der Waals surface area contributed by atoms with Gasteiger partial charge in [0.1, 0.15) is 0 Å². The van der Waals surface area contributed by atoms with Gasteiger partial charge >= 0.3 is 0 Å². The third-order valence-electron chi connectivity index (χ3n) is 7.31. The van der Waals surface area contributed by atoms with Crippen LogP contribution in [0.5, 0.6) is 0 Å². The first-order chi connectivity index (χ1) is 14.7. The van der Waals surface area contributed by atoms with Gasteiger partial charge in [-0.1, -0.05) is 30.3 Å². The zero-order valence-electron chi connectivity index (χ0n) is 17.0. The summed E-state index contributed by atoms with van der Waals surface area (Å²) in [6.07, 6.45) is 0.622. The van der Waals surface area contributed by atoms with Crippen molar-refractivity contribution in [3.8, 4) is 11.1 Å². The number of nitrogens with zero attached hydrogens (tertiary/aromatic N) is 2. The smallest absolute Gasteiger partial charge is 0.259 e. The Morgan fingerprint density at radius 2 is 1.81 bits per heavy atom. The van der Waals surface area contributed by atoms with Crippen molar-refractivity contribution in [2.24, 2.45) is 5.41 Å². The van der Waals surface area contributed by atoms with Crippen LogP contribution in [0.3, 0.4) is 0 Å². The van der Waals surface area contributed by atoms with Crippen molar-refractivity contribution < 1.29 is 13.6 Å². The zero-order valence-corrected chi connectivity index (χ0v) is 17.9. The van der Waals surface area contributed by atoms with Crippen molar-refractivity contribution in [1.29, 1.82) is 0 Å². The van der Waals surface area contributed by atoms with Crippen molar-refractivity contribution in [3.05, 3.63) is 65.0 Å². The first kappa shape index (κ1) is 20.1. The van der Waals surface area contributed by atoms with Crippen LogP contribution in [0.4, 0.5) is 14.5 Å². The maximum atomic E-state index is 14.1. The Kier molecular flexibility index (Phi) is 4.26. The summed E-state index contributed by atoms with van der Waals surface area (Å²) >= 11 is 5.43. The van der Waals surface area contributed by atoms with Crippen molar-refractivity contribution in [2.75, 3.05) is 7.05 Å². The maximum absolute atomic E-state index is 14.1. The fourth-order valence-corrected chi connectivity index (χ4v) is 5.86. The van der Waals surface area contributed by atoms with E-state index in [0.717, 1.165) is 22.3 Å². The average Bonchev–Trinajstić information content (AvgIpc) is 3.17. The molecular weight excluding hydrogens is 416 g/mol. The topological polar surface area (TPSA) is 36.7 Å². The third-order valence-corrected chi connectivity index (χ3v) is 7.69. The molecule has 5 rings (SSSR count). The van der Waals surface area contributed by atoms with E-state index < -0.39 is 16.9 Å². The lowest BCUT2D eigenvalue weighted by molar-refractivity contribution is -0.141. The van der Waals surface area contributed by atoms with E-state index in [4.69, 9.17) is 18.8 Å². The lowest BCUT2D eigenvalue weighted by Gasteiger charge is -2.46. The number of likely N-dealkylation sites (N-methyl/N-ethyl adjacent to an activating group) is 1. The number of fused-ring (bicyclic) bond motifs is 3. The molecule has 3 aliphatic rings. The van der Waals surface area contributed by atoms with E-state index in [1.165, 1.54) is 4.90 Å². The number of carbonyl (C=O) groups excluding carboxylic acids is 1. The minimum Gasteiger partial charge on any atom is -0.344 e. The Bertz CT molecular complexity index is 1160. The molecule has 4 nitrogen and oxygen atoms in total. The Hall–Kier alpha value is -2.85. The molecule has 2 aromatic carbocycles. The molecule has 0 bridgehead atoms. The van der Waals surface area contributed by atoms with Gasteiger partial charge in [0.15, 0.2) is 16.3 Å². The molecule has 1 saturated heterocycles. The van der Waals surface area contributed by atoms with Crippen LogP contribution < -0.4 is 5.32 Å². The van der Waals surface area contributed by atoms with Gasteiger partial charge in [-0.05, 0) is 65.9 Å². The van der Waals surface area contributed by atoms with E-state index in [1.807, 2.05) is 36.4 Å². The number of rotatable bonds is 1. The molecule has 7 heteroatoms. The van der Waals surface area contributed by atoms with E-state index in [-0.39, 0.29) is 31.6 Å². The molecule has 1 atom stereocenters. The fraction of sp³-hybridized carbons (Fsp3) is 0.375. The molecular formula is C24H21F2N3OS. The Labute approximate surface area is 185 Å². The summed E-state index contributed by atoms with van der Waals surface area (Å²) in [4.78, 5) is 18.6. The minimum atomic E-state index is -2.69. The minimum absolute atomic E-state index is 0.173. The van der Waals surface area contributed by atoms with Crippen LogP contribution in [0.25, 0.3) is 16.0 Å². The number of amides is 1. The molecule has 2 aromatic rings. The van der Waals surface area contributed by atoms with Gasteiger partial charge in [0.25, 0.3) is 5.91 Å². The van der Waals surface area contributed by atoms with Crippen LogP contribution in [0.1, 0.15) is 36.8 Å². The van der Waals surface area contributed by atoms with Crippen LogP contribution in [0, 0.1) is 12.0 Å². The Morgan fingerprint density at radius 1 is 1.10 bits per heavy atom. The highest BCUT2D eigenvalue weighted by Gasteiger charge is 2.67. The van der Waals surface area contributed by atoms with Crippen molar-refractivity contribution in [1.82, 2.24) is 10.2 Å². The molecule has 158 valence electrons. The molecule has 0 radical (unpaired) electrons. The SMILES string of the molecule is [C-]#[N+]c1cccc(-c2ccc3c(c2)C2(NC(=S)N(C)C2=O)C2(CCC(F)(F)CC2)C3)c1. The van der Waals surface area contributed by atoms with Crippen LogP contribution in [0.2, 0.25) is 0 Å². The van der Waals surface area contributed by atoms with Gasteiger partial charge in [-0.2, -0.15) is 0 Å². The van der Waals surface area contributed by atoms with Gasteiger partial charge in [0, 0.05) is 25.3 Å². The van der Waals surface area contributed by atoms with Gasteiger partial charge in [0.05, 0.1) is 6.57 Å². The monoisotopic (exact) mass is 437 g/mol. The fourth-order valence-electron chi connectivity index (χ4n) is 5.63. The molecule has 2 aliphatic carbocycles. The van der Waals surface area contributed by atoms with E-state index in [2.05, 4.69) is 10.2 Å². The molecule has 31 heavy (non-hydrogen) atoms. The summed E-state index contributed by atoms with van der Waals surface area (Å²) in [7, 11) is 1.64. The van der Waals surface area contributed by atoms with Gasteiger partial charge in [-0.15, -0.1) is 0 Å². The summed E-state index contributed by atoms with van der Waals surface area (Å²) in [5, 5.41) is 3.62. The van der Waals surface area contributed by atoms with E-state index in [0.29, 0.717) is 17.2 Å². The Morgan fingerprint density at radius 3 is 2.45 bits per heavy atom. The van der Waals surface area contributed by atoms with Gasteiger partial charge < -0.3 is 5.32 Å². The first-order valence-electron chi connectivity index (χ1n) is 10.3. The predicted molar refractivity (Wildman–Crippen MR) is 118 cm³/mol. The molecule has 1 saturated carbocycles. The molecule has 1 unspecified atom stereocenters. The number of alkyl halides is 2. The summed E-state index contributed by atoms with van der Waals surface area (Å²) in [6, 6.07) is 13.3. The van der Waals surface area contributed by atoms with Gasteiger partial charge in [-0.25, -0.2) is 13.6 Å². The molecule has 2 spiro atoms. The van der Waals surface area contributed by atoms with E-state index in [9.17, 15) is 13.6 Å². The van der Waals surface area contributed by atoms with Crippen molar-refractivity contribution >= 4 is 28.9 Å². The highest BCUT2D eigenvalue weighted by molar-refractivity contribution is 7.80. The highest BCUT2D eigenvalue weighted by atomic mass is 32.1. The van der Waals surface area contributed by atoms with Crippen molar-refractivity contribution in [2.45, 2.75) is 43.6 Å². The highest BCUT2D eigenvalue weighted by Crippen LogP contribution is 2.61. The summed E-state index contributed by atoms with van der Waals surface area (Å²) in [5.41, 5.74) is 2.35. The number of hydrogen-bond donors (Lipinski definition) is 1. The average molecular weight is 438 g/mol. The number of nitrogens with one attached hydrogen (secondary N) is 1. The normalized spacial score (nSPS) is 25.5. The number of thiocarbonyl (C=S) groups is 1. The number of hydrogen-bond acceptors (Lipinski definition) is 2. The van der Waals surface area contributed by atoms with Crippen LogP contribution in [-0.2, 0) is 16.8 Å². The zero-order chi connectivity index (χ0) is 22.0. The van der Waals surface area contributed by atoms with Gasteiger partial charge in [-0.3, -0.25) is 9.69 Å². The molecule has 1 aliphatic heterocycles. The lowest BCUT2D eigenvalue weighted by Crippen LogP contribution is -2.57. The standard InChI is InChI=1S/C24H21F2N3OS/c1-27-18-5-3-4-15(12-18)16-6-7-17-14-22(8-10-23(25,26)11-9-22)24(19(17)13-16)20(30)29(2)21(31)28-24/h3-7,12-13H,8-11,14H2,2H3,(H,28,31). The number of halogens is 2.